The van der Waals surface area contributed by atoms with Crippen LogP contribution in [0.5, 0.6) is 5.75 Å². The standard InChI is InChI=1S/C15H17NO2.C11H15NO.C6H10O3.2ClH.Zn/c1-9-3-4-11-6-12-10(2)5-15(17)18-14(12)7-13(11)16-8-9;1-8-2-3-9-4-5-10(13)6-11(9)12-7-8;1-3-9-6(8)4-5(2)7;;;/h5-7,9,16H,3-4,8H2,1-2H3;4-6,8,12-13H,2-3,7H2,1H3;3-4H2,1-2H3;2*1H;/q;;;;;+2/p-2. The molecule has 5 rings (SSSR count). The van der Waals surface area contributed by atoms with Crippen LogP contribution < -0.4 is 16.3 Å². The first kappa shape index (κ1) is 36.6. The molecule has 43 heavy (non-hydrogen) atoms. The summed E-state index contributed by atoms with van der Waals surface area (Å²) < 4.78 is 9.77. The maximum absolute atomic E-state index is 11.4. The van der Waals surface area contributed by atoms with Gasteiger partial charge >= 0.3 is 46.1 Å². The topological polar surface area (TPSA) is 118 Å². The fourth-order valence-corrected chi connectivity index (χ4v) is 4.72. The van der Waals surface area contributed by atoms with Crippen molar-refractivity contribution in [3.63, 3.8) is 0 Å². The third-order valence-electron chi connectivity index (χ3n) is 7.06. The first-order valence-electron chi connectivity index (χ1n) is 14.6. The molecule has 2 atom stereocenters. The second kappa shape index (κ2) is 18.9. The number of anilines is 2. The first-order chi connectivity index (χ1) is 20.5. The summed E-state index contributed by atoms with van der Waals surface area (Å²) in [6.07, 6.45) is 4.52. The van der Waals surface area contributed by atoms with Crippen molar-refractivity contribution in [2.45, 2.75) is 66.7 Å². The number of phenolic OH excluding ortho intramolecular Hbond substituents is 1. The van der Waals surface area contributed by atoms with Crippen molar-refractivity contribution in [2.24, 2.45) is 11.8 Å². The van der Waals surface area contributed by atoms with Crippen LogP contribution in [0.25, 0.3) is 11.0 Å². The number of ketones is 1. The zero-order valence-electron chi connectivity index (χ0n) is 25.7. The van der Waals surface area contributed by atoms with E-state index in [1.807, 2.05) is 25.1 Å². The molecule has 8 nitrogen and oxygen atoms in total. The van der Waals surface area contributed by atoms with E-state index in [9.17, 15) is 19.5 Å². The number of halogens is 2. The molecule has 0 aliphatic carbocycles. The summed E-state index contributed by atoms with van der Waals surface area (Å²) >= 11 is -0.931. The monoisotopic (exact) mass is 684 g/mol. The number of carbonyl (C=O) groups is 2. The van der Waals surface area contributed by atoms with E-state index in [1.165, 1.54) is 30.9 Å². The normalized spacial score (nSPS) is 16.5. The van der Waals surface area contributed by atoms with E-state index in [0.717, 1.165) is 54.2 Å². The zero-order chi connectivity index (χ0) is 31.9. The van der Waals surface area contributed by atoms with E-state index >= 15 is 0 Å². The molecule has 3 N–H and O–H groups in total. The van der Waals surface area contributed by atoms with E-state index in [4.69, 9.17) is 23.8 Å². The van der Waals surface area contributed by atoms with Gasteiger partial charge in [-0.15, -0.1) is 0 Å². The van der Waals surface area contributed by atoms with E-state index in [1.54, 1.807) is 19.1 Å². The molecule has 0 saturated carbocycles. The van der Waals surface area contributed by atoms with Gasteiger partial charge in [-0.25, -0.2) is 4.79 Å². The summed E-state index contributed by atoms with van der Waals surface area (Å²) in [6, 6.07) is 11.3. The van der Waals surface area contributed by atoms with Gasteiger partial charge in [-0.2, -0.15) is 0 Å². The van der Waals surface area contributed by atoms with Gasteiger partial charge in [-0.1, -0.05) is 19.9 Å². The van der Waals surface area contributed by atoms with Crippen LogP contribution in [-0.4, -0.2) is 36.6 Å². The Kier molecular flexibility index (Phi) is 16.1. The van der Waals surface area contributed by atoms with Gasteiger partial charge in [-0.05, 0) is 87.1 Å². The first-order valence-corrected chi connectivity index (χ1v) is 22.4. The molecule has 0 spiro atoms. The van der Waals surface area contributed by atoms with E-state index in [-0.39, 0.29) is 17.8 Å². The molecule has 0 radical (unpaired) electrons. The van der Waals surface area contributed by atoms with Crippen molar-refractivity contribution < 1.29 is 39.0 Å². The number of fused-ring (bicyclic) bond motifs is 3. The van der Waals surface area contributed by atoms with Crippen LogP contribution in [0.1, 0.15) is 63.6 Å². The van der Waals surface area contributed by atoms with Gasteiger partial charge in [0.1, 0.15) is 23.5 Å². The number of hydrogen-bond donors (Lipinski definition) is 3. The number of ether oxygens (including phenoxy) is 1. The van der Waals surface area contributed by atoms with Crippen molar-refractivity contribution in [2.75, 3.05) is 30.3 Å². The number of phenols is 1. The second-order valence-corrected chi connectivity index (χ2v) is 15.6. The number of carbonyl (C=O) groups excluding carboxylic acids is 2. The molecule has 0 amide bonds. The van der Waals surface area contributed by atoms with Crippen LogP contribution in [0.15, 0.2) is 45.6 Å². The quantitative estimate of drug-likeness (QED) is 0.113. The fraction of sp³-hybridized carbons (Fsp3) is 0.469. The molecule has 2 unspecified atom stereocenters. The summed E-state index contributed by atoms with van der Waals surface area (Å²) in [5.74, 6) is 1.14. The molecular weight excluding hydrogens is 645 g/mol. The molecule has 3 aromatic rings. The predicted molar refractivity (Wildman–Crippen MR) is 171 cm³/mol. The van der Waals surface area contributed by atoms with Crippen molar-refractivity contribution in [1.82, 2.24) is 0 Å². The van der Waals surface area contributed by atoms with Crippen LogP contribution in [0, 0.1) is 18.8 Å². The molecule has 2 aliphatic heterocycles. The van der Waals surface area contributed by atoms with Crippen molar-refractivity contribution in [3.8, 4) is 5.75 Å². The van der Waals surface area contributed by atoms with E-state index in [0.29, 0.717) is 23.9 Å². The number of nitrogens with one attached hydrogen (secondary N) is 2. The molecule has 0 fully saturated rings. The molecule has 11 heteroatoms. The van der Waals surface area contributed by atoms with Crippen LogP contribution in [-0.2, 0) is 42.3 Å². The average Bonchev–Trinajstić information content (AvgIpc) is 3.23. The Hall–Kier alpha value is -2.61. The number of esters is 1. The van der Waals surface area contributed by atoms with Crippen LogP contribution in [0.2, 0.25) is 0 Å². The van der Waals surface area contributed by atoms with Gasteiger partial charge in [0.25, 0.3) is 0 Å². The number of benzene rings is 2. The van der Waals surface area contributed by atoms with Crippen molar-refractivity contribution in [3.05, 3.63) is 63.5 Å². The van der Waals surface area contributed by atoms with Crippen LogP contribution in [0.4, 0.5) is 11.4 Å². The summed E-state index contributed by atoms with van der Waals surface area (Å²) in [4.78, 5) is 32.0. The van der Waals surface area contributed by atoms with Gasteiger partial charge in [0, 0.05) is 48.0 Å². The number of rotatable bonds is 3. The Morgan fingerprint density at radius 3 is 2.16 bits per heavy atom. The molecule has 0 bridgehead atoms. The number of hydrogen-bond acceptors (Lipinski definition) is 8. The Morgan fingerprint density at radius 1 is 1.00 bits per heavy atom. The van der Waals surface area contributed by atoms with E-state index in [2.05, 4.69) is 35.3 Å². The molecule has 3 heterocycles. The third-order valence-corrected chi connectivity index (χ3v) is 7.06. The van der Waals surface area contributed by atoms with Gasteiger partial charge in [0.2, 0.25) is 0 Å². The predicted octanol–water partition coefficient (Wildman–Crippen LogP) is 7.39. The molecular formula is C32H42Cl2N2O6Zn. The zero-order valence-corrected chi connectivity index (χ0v) is 30.2. The fourth-order valence-electron chi connectivity index (χ4n) is 4.72. The molecule has 2 aliphatic rings. The minimum atomic E-state index is -0.931. The molecule has 232 valence electrons. The molecule has 0 saturated heterocycles. The van der Waals surface area contributed by atoms with Crippen molar-refractivity contribution >= 4 is 53.5 Å². The summed E-state index contributed by atoms with van der Waals surface area (Å²) in [6.45, 7) is 11.9. The van der Waals surface area contributed by atoms with Crippen molar-refractivity contribution in [1.29, 1.82) is 0 Å². The number of aromatic hydroxyl groups is 1. The number of aryl methyl sites for hydroxylation is 3. The summed E-state index contributed by atoms with van der Waals surface area (Å²) in [7, 11) is 9.90. The molecule has 2 aromatic carbocycles. The SMILES string of the molecule is CC1CCc2ccc(O)cc2NC1.CCOC(=O)CC(C)=O.Cc1cc(=O)oc2cc3c(cc12)CCC(C)CN3.[Cl][Zn][Cl]. The molecule has 1 aromatic heterocycles. The van der Waals surface area contributed by atoms with E-state index < -0.39 is 21.1 Å². The van der Waals surface area contributed by atoms with Crippen LogP contribution in [0.3, 0.4) is 0 Å². The average molecular weight is 687 g/mol. The van der Waals surface area contributed by atoms with Gasteiger partial charge in [0.15, 0.2) is 0 Å². The summed E-state index contributed by atoms with van der Waals surface area (Å²) in [5.41, 5.74) is 6.25. The Bertz CT molecular complexity index is 1410. The minimum absolute atomic E-state index is 0.103. The van der Waals surface area contributed by atoms with Crippen LogP contribution >= 0.6 is 19.4 Å². The third kappa shape index (κ3) is 12.9. The van der Waals surface area contributed by atoms with Gasteiger partial charge < -0.3 is 24.9 Å². The van der Waals surface area contributed by atoms with Gasteiger partial charge in [0.05, 0.1) is 6.61 Å². The second-order valence-electron chi connectivity index (χ2n) is 10.9. The number of Topliss-reactive ketones (excluding diaryl/α,β-unsaturated/α-hetero) is 1. The Morgan fingerprint density at radius 2 is 1.58 bits per heavy atom. The Labute approximate surface area is 269 Å². The maximum atomic E-state index is 11.4. The Balaban J connectivity index is 0.000000228. The van der Waals surface area contributed by atoms with Gasteiger partial charge in [-0.3, -0.25) is 9.59 Å². The summed E-state index contributed by atoms with van der Waals surface area (Å²) in [5, 5.41) is 17.2.